The fraction of sp³-hybridized carbons (Fsp3) is 0.0870. The number of nitrogens with zero attached hydrogens (tertiary/aromatic N) is 5. The Labute approximate surface area is 855 Å². The number of halogens is 5. The van der Waals surface area contributed by atoms with Gasteiger partial charge in [-0.25, -0.2) is 30.4 Å². The summed E-state index contributed by atoms with van der Waals surface area (Å²) >= 11 is 3.28. The van der Waals surface area contributed by atoms with E-state index in [0.717, 1.165) is 104 Å². The van der Waals surface area contributed by atoms with E-state index >= 15 is 0 Å². The van der Waals surface area contributed by atoms with Crippen molar-refractivity contribution in [3.8, 4) is 83.7 Å². The van der Waals surface area contributed by atoms with Gasteiger partial charge in [-0.3, -0.25) is 49.4 Å². The minimum atomic E-state index is -3.47. The second kappa shape index (κ2) is 44.0. The first-order chi connectivity index (χ1) is 72.4. The van der Waals surface area contributed by atoms with Gasteiger partial charge in [-0.05, 0) is 202 Å². The predicted octanol–water partition coefficient (Wildman–Crippen LogP) is 24.7. The monoisotopic (exact) mass is 2050 g/mol. The number of benzene rings is 16. The van der Waals surface area contributed by atoms with Gasteiger partial charge in [-0.15, -0.1) is 22.7 Å². The standard InChI is InChI=1S/2C26H20FN3O2.2C24H18FN3O2S.C15H14FN3O3S/c1-32-24-9-5-4-8-20(24)26(31)28-15-19-13-21-23(14-22(19)27)29-30-25(21)18-11-10-16-6-2-3-7-17(16)12-18;1-32-21-8-4-7-19(12-21)26(31)28-15-20-13-22-24(14-23(20)27)29-30-25(22)18-10-9-16-5-2-3-6-17(16)11-18;1-30-20-8-4-3-7-16(20)24(29)26-13-15-10-17-19(12-18(15)25)27-28-23(17)22-11-14-6-2-5-9-21(14)31-22;1-30-17-7-4-6-15(9-17)24(29)26-13-16-10-18-20(12-19(16)25)27-28-23(18)22-11-14-5-2-3-8-21(14)31-22;1-22-15-12(19-23(2,20)21)7-6-11-13(15)14(18-17-11)9-4-3-5-10(16)8-9/h2*2-14H,15H2,1H3,(H,28,31)(H,29,30);2*2-12H,13H2,1H3,(H,26,29)(H,27,28);3-8,19H,1-2H3,(H,17,18). The minimum absolute atomic E-state index is 0.0427. The zero-order valence-electron chi connectivity index (χ0n) is 80.3. The number of H-pyrrole nitrogens is 5. The maximum Gasteiger partial charge on any atom is 0.255 e. The average molecular weight is 2050 g/mol. The highest BCUT2D eigenvalue weighted by molar-refractivity contribution is 7.92. The molecule has 0 aliphatic heterocycles. The van der Waals surface area contributed by atoms with Gasteiger partial charge >= 0.3 is 0 Å². The number of fused-ring (bicyclic) bond motifs is 9. The Morgan fingerprint density at radius 2 is 0.678 bits per heavy atom. The Balaban J connectivity index is 0.000000117. The molecule has 0 radical (unpaired) electrons. The van der Waals surface area contributed by atoms with Gasteiger partial charge in [0.25, 0.3) is 23.6 Å². The van der Waals surface area contributed by atoms with Gasteiger partial charge in [0, 0.05) is 107 Å². The van der Waals surface area contributed by atoms with E-state index in [1.54, 1.807) is 182 Å². The second-order valence-electron chi connectivity index (χ2n) is 34.3. The number of aromatic nitrogens is 10. The number of hydrogen-bond donors (Lipinski definition) is 10. The van der Waals surface area contributed by atoms with Crippen molar-refractivity contribution in [2.75, 3.05) is 46.5 Å². The molecular formula is C115H90F5N15O11S3. The van der Waals surface area contributed by atoms with E-state index in [9.17, 15) is 49.5 Å². The molecule has 23 aromatic rings. The Bertz CT molecular complexity index is 9090. The van der Waals surface area contributed by atoms with Crippen LogP contribution in [0.15, 0.2) is 328 Å². The summed E-state index contributed by atoms with van der Waals surface area (Å²) < 4.78 is 126. The van der Waals surface area contributed by atoms with Crippen molar-refractivity contribution in [2.24, 2.45) is 0 Å². The topological polar surface area (TPSA) is 352 Å². The van der Waals surface area contributed by atoms with Crippen molar-refractivity contribution >= 4 is 158 Å². The van der Waals surface area contributed by atoms with Crippen molar-refractivity contribution in [3.05, 3.63) is 401 Å². The Morgan fingerprint density at radius 3 is 1.08 bits per heavy atom. The van der Waals surface area contributed by atoms with Crippen LogP contribution in [0.2, 0.25) is 0 Å². The number of carbonyl (C=O) groups is 4. The third-order valence-corrected chi connectivity index (χ3v) is 27.5. The number of sulfonamides is 1. The molecule has 0 saturated heterocycles. The molecule has 744 valence electrons. The van der Waals surface area contributed by atoms with Crippen LogP contribution in [-0.4, -0.2) is 125 Å². The number of anilines is 1. The lowest BCUT2D eigenvalue weighted by Crippen LogP contribution is -2.23. The third-order valence-electron chi connectivity index (χ3n) is 24.7. The van der Waals surface area contributed by atoms with Crippen LogP contribution in [0.5, 0.6) is 28.7 Å². The molecule has 0 aliphatic carbocycles. The summed E-state index contributed by atoms with van der Waals surface area (Å²) in [7, 11) is 4.07. The van der Waals surface area contributed by atoms with Crippen molar-refractivity contribution in [1.82, 2.24) is 72.3 Å². The Hall–Kier alpha value is -18.4. The number of methoxy groups -OCH3 is 5. The number of carbonyl (C=O) groups excluding carboxylic acids is 4. The summed E-state index contributed by atoms with van der Waals surface area (Å²) in [6.45, 7) is 0.214. The fourth-order valence-corrected chi connectivity index (χ4v) is 20.0. The lowest BCUT2D eigenvalue weighted by atomic mass is 10.0. The summed E-state index contributed by atoms with van der Waals surface area (Å²) in [5.41, 5.74) is 12.6. The van der Waals surface area contributed by atoms with Gasteiger partial charge in [0.15, 0.2) is 5.75 Å². The minimum Gasteiger partial charge on any atom is -0.497 e. The molecule has 7 heterocycles. The highest BCUT2D eigenvalue weighted by Gasteiger charge is 2.25. The van der Waals surface area contributed by atoms with E-state index in [4.69, 9.17) is 23.7 Å². The lowest BCUT2D eigenvalue weighted by molar-refractivity contribution is 0.0939. The largest absolute Gasteiger partial charge is 0.497 e. The first-order valence-electron chi connectivity index (χ1n) is 46.5. The number of aromatic amines is 5. The lowest BCUT2D eigenvalue weighted by Gasteiger charge is -2.11. The molecule has 0 spiro atoms. The van der Waals surface area contributed by atoms with Crippen LogP contribution in [0, 0.1) is 29.1 Å². The number of ether oxygens (including phenoxy) is 5. The van der Waals surface area contributed by atoms with Crippen molar-refractivity contribution in [1.29, 1.82) is 0 Å². The second-order valence-corrected chi connectivity index (χ2v) is 38.2. The van der Waals surface area contributed by atoms with Crippen LogP contribution in [-0.2, 0) is 36.2 Å². The fourth-order valence-electron chi connectivity index (χ4n) is 17.3. The smallest absolute Gasteiger partial charge is 0.255 e. The highest BCUT2D eigenvalue weighted by atomic mass is 32.2. The predicted molar refractivity (Wildman–Crippen MR) is 575 cm³/mol. The summed E-state index contributed by atoms with van der Waals surface area (Å²) in [6.07, 6.45) is 1.06. The molecule has 23 rings (SSSR count). The summed E-state index contributed by atoms with van der Waals surface area (Å²) in [6, 6.07) is 98.3. The molecule has 4 amide bonds. The van der Waals surface area contributed by atoms with Crippen LogP contribution in [0.25, 0.3) is 151 Å². The molecule has 0 atom stereocenters. The van der Waals surface area contributed by atoms with Crippen LogP contribution < -0.4 is 49.7 Å². The molecule has 0 bridgehead atoms. The van der Waals surface area contributed by atoms with Crippen molar-refractivity contribution < 1.29 is 73.2 Å². The van der Waals surface area contributed by atoms with E-state index in [2.05, 4.69) is 138 Å². The number of amides is 4. The van der Waals surface area contributed by atoms with Crippen molar-refractivity contribution in [2.45, 2.75) is 26.2 Å². The third kappa shape index (κ3) is 22.2. The van der Waals surface area contributed by atoms with Gasteiger partial charge in [0.1, 0.15) is 69.2 Å². The van der Waals surface area contributed by atoms with Crippen LogP contribution in [0.3, 0.4) is 0 Å². The maximum atomic E-state index is 14.7. The summed E-state index contributed by atoms with van der Waals surface area (Å²) in [5.74, 6) is -0.821. The first kappa shape index (κ1) is 99.3. The molecular weight excluding hydrogens is 1960 g/mol. The molecule has 0 fully saturated rings. The molecule has 0 aliphatic rings. The Morgan fingerprint density at radius 1 is 0.315 bits per heavy atom. The van der Waals surface area contributed by atoms with Gasteiger partial charge in [-0.2, -0.15) is 25.5 Å². The highest BCUT2D eigenvalue weighted by Crippen LogP contribution is 2.43. The molecule has 26 nitrogen and oxygen atoms in total. The number of rotatable bonds is 24. The Kier molecular flexibility index (Phi) is 29.4. The molecule has 149 heavy (non-hydrogen) atoms. The quantitative estimate of drug-likeness (QED) is 0.0251. The normalized spacial score (nSPS) is 11.2. The maximum absolute atomic E-state index is 14.7. The number of thiophene rings is 2. The molecule has 7 aromatic heterocycles. The van der Waals surface area contributed by atoms with Gasteiger partial charge in [-0.1, -0.05) is 158 Å². The zero-order valence-corrected chi connectivity index (χ0v) is 82.8. The molecule has 10 N–H and O–H groups in total. The number of para-hydroxylation sites is 2. The van der Waals surface area contributed by atoms with E-state index in [1.807, 2.05) is 84.9 Å². The number of hydrogen-bond acceptors (Lipinski definition) is 18. The van der Waals surface area contributed by atoms with Crippen LogP contribution in [0.1, 0.15) is 63.7 Å². The zero-order chi connectivity index (χ0) is 104. The van der Waals surface area contributed by atoms with E-state index in [1.165, 1.54) is 67.1 Å². The molecule has 34 heteroatoms. The SMILES string of the molecule is COc1c(NS(C)(=O)=O)ccc2[nH]nc(-c3cccc(F)c3)c12.COc1cccc(C(=O)NCc2cc3c(-c4cc5ccccc5s4)n[nH]c3cc2F)c1.COc1cccc(C(=O)NCc2cc3c(-c4ccc5ccccc5c4)n[nH]c3cc2F)c1.COc1ccccc1C(=O)NCc1cc2c(-c3cc4ccccc4s3)n[nH]c2cc1F.COc1ccccc1C(=O)NCc1cc2c(-c3ccc4ccccc4c3)n[nH]c2cc1F. The van der Waals surface area contributed by atoms with Crippen molar-refractivity contribution in [3.63, 3.8) is 0 Å². The molecule has 0 unspecified atom stereocenters. The van der Waals surface area contributed by atoms with Gasteiger partial charge < -0.3 is 45.0 Å². The van der Waals surface area contributed by atoms with Crippen LogP contribution in [0.4, 0.5) is 27.6 Å². The average Bonchev–Trinajstić information content (AvgIpc) is 1.63. The first-order valence-corrected chi connectivity index (χ1v) is 50.0. The van der Waals surface area contributed by atoms with E-state index in [-0.39, 0.29) is 55.6 Å². The summed E-state index contributed by atoms with van der Waals surface area (Å²) in [4.78, 5) is 52.2. The van der Waals surface area contributed by atoms with E-state index < -0.39 is 33.3 Å². The van der Waals surface area contributed by atoms with E-state index in [0.29, 0.717) is 123 Å². The summed E-state index contributed by atoms with van der Waals surface area (Å²) in [5, 5.41) is 58.1. The van der Waals surface area contributed by atoms with Crippen LogP contribution >= 0.6 is 22.7 Å². The molecule has 0 saturated carbocycles. The van der Waals surface area contributed by atoms with Gasteiger partial charge in [0.2, 0.25) is 10.0 Å². The van der Waals surface area contributed by atoms with Gasteiger partial charge in [0.05, 0.1) is 113 Å². The number of nitrogens with one attached hydrogen (secondary N) is 10. The molecule has 16 aromatic carbocycles.